The standard InChI is InChI=1S/C20H26N2OS/c1-17(16-23-2)21-20(24)22(15-19-11-7-4-8-12-19)14-13-18-9-5-3-6-10-18/h3-12,17H,13-16H2,1-2H3,(H,21,24). The molecule has 0 spiro atoms. The Morgan fingerprint density at radius 3 is 2.21 bits per heavy atom. The molecule has 0 heterocycles. The summed E-state index contributed by atoms with van der Waals surface area (Å²) >= 11 is 5.64. The second-order valence-corrected chi connectivity index (χ2v) is 6.34. The summed E-state index contributed by atoms with van der Waals surface area (Å²) in [7, 11) is 1.71. The van der Waals surface area contributed by atoms with E-state index in [-0.39, 0.29) is 6.04 Å². The van der Waals surface area contributed by atoms with E-state index in [2.05, 4.69) is 65.7 Å². The predicted molar refractivity (Wildman–Crippen MR) is 104 cm³/mol. The lowest BCUT2D eigenvalue weighted by Gasteiger charge is -2.28. The number of benzene rings is 2. The van der Waals surface area contributed by atoms with E-state index in [0.29, 0.717) is 6.61 Å². The number of nitrogens with one attached hydrogen (secondary N) is 1. The highest BCUT2D eigenvalue weighted by Crippen LogP contribution is 2.08. The Kier molecular flexibility index (Phi) is 7.72. The number of hydrogen-bond acceptors (Lipinski definition) is 2. The van der Waals surface area contributed by atoms with Crippen molar-refractivity contribution >= 4 is 17.3 Å². The Bertz CT molecular complexity index is 604. The molecule has 1 unspecified atom stereocenters. The number of thiocarbonyl (C=S) groups is 1. The van der Waals surface area contributed by atoms with Gasteiger partial charge in [0.05, 0.1) is 6.61 Å². The molecule has 0 aromatic heterocycles. The van der Waals surface area contributed by atoms with Gasteiger partial charge in [0.1, 0.15) is 0 Å². The molecule has 1 N–H and O–H groups in total. The van der Waals surface area contributed by atoms with Gasteiger partial charge in [-0.2, -0.15) is 0 Å². The Morgan fingerprint density at radius 2 is 1.62 bits per heavy atom. The lowest BCUT2D eigenvalue weighted by Crippen LogP contribution is -2.45. The Hall–Kier alpha value is -1.91. The summed E-state index contributed by atoms with van der Waals surface area (Å²) in [6.07, 6.45) is 0.966. The van der Waals surface area contributed by atoms with E-state index >= 15 is 0 Å². The average Bonchev–Trinajstić information content (AvgIpc) is 2.60. The average molecular weight is 343 g/mol. The first kappa shape index (κ1) is 18.4. The molecule has 0 fully saturated rings. The van der Waals surface area contributed by atoms with Crippen LogP contribution < -0.4 is 5.32 Å². The topological polar surface area (TPSA) is 24.5 Å². The summed E-state index contributed by atoms with van der Waals surface area (Å²) in [4.78, 5) is 2.23. The molecule has 0 radical (unpaired) electrons. The fourth-order valence-corrected chi connectivity index (χ4v) is 2.92. The summed E-state index contributed by atoms with van der Waals surface area (Å²) in [5.41, 5.74) is 2.58. The molecule has 24 heavy (non-hydrogen) atoms. The SMILES string of the molecule is COCC(C)NC(=S)N(CCc1ccccc1)Cc1ccccc1. The molecular formula is C20H26N2OS. The van der Waals surface area contributed by atoms with Crippen molar-refractivity contribution < 1.29 is 4.74 Å². The van der Waals surface area contributed by atoms with Crippen LogP contribution in [0.4, 0.5) is 0 Å². The van der Waals surface area contributed by atoms with Crippen LogP contribution in [-0.4, -0.2) is 36.3 Å². The summed E-state index contributed by atoms with van der Waals surface area (Å²) < 4.78 is 5.19. The van der Waals surface area contributed by atoms with Crippen LogP contribution in [0.25, 0.3) is 0 Å². The molecular weight excluding hydrogens is 316 g/mol. The molecule has 0 aliphatic carbocycles. The normalized spacial score (nSPS) is 11.8. The molecule has 0 bridgehead atoms. The van der Waals surface area contributed by atoms with Crippen molar-refractivity contribution in [2.45, 2.75) is 25.9 Å². The van der Waals surface area contributed by atoms with Crippen molar-refractivity contribution in [1.82, 2.24) is 10.2 Å². The van der Waals surface area contributed by atoms with Gasteiger partial charge in [0.15, 0.2) is 5.11 Å². The minimum absolute atomic E-state index is 0.192. The van der Waals surface area contributed by atoms with E-state index in [1.165, 1.54) is 11.1 Å². The fourth-order valence-electron chi connectivity index (χ4n) is 2.56. The largest absolute Gasteiger partial charge is 0.383 e. The van der Waals surface area contributed by atoms with Crippen LogP contribution in [0.3, 0.4) is 0 Å². The van der Waals surface area contributed by atoms with Gasteiger partial charge in [-0.05, 0) is 36.7 Å². The van der Waals surface area contributed by atoms with Crippen LogP contribution in [0, 0.1) is 0 Å². The van der Waals surface area contributed by atoms with Crippen LogP contribution in [0.15, 0.2) is 60.7 Å². The summed E-state index contributed by atoms with van der Waals surface area (Å²) in [6, 6.07) is 21.1. The van der Waals surface area contributed by atoms with Gasteiger partial charge in [-0.25, -0.2) is 0 Å². The molecule has 0 amide bonds. The molecule has 128 valence electrons. The number of hydrogen-bond donors (Lipinski definition) is 1. The van der Waals surface area contributed by atoms with E-state index in [9.17, 15) is 0 Å². The van der Waals surface area contributed by atoms with E-state index in [1.807, 2.05) is 12.1 Å². The first-order chi connectivity index (χ1) is 11.7. The van der Waals surface area contributed by atoms with Gasteiger partial charge in [-0.3, -0.25) is 0 Å². The third-order valence-corrected chi connectivity index (χ3v) is 4.18. The maximum Gasteiger partial charge on any atom is 0.169 e. The summed E-state index contributed by atoms with van der Waals surface area (Å²) in [5.74, 6) is 0. The van der Waals surface area contributed by atoms with E-state index in [0.717, 1.165) is 24.6 Å². The fraction of sp³-hybridized carbons (Fsp3) is 0.350. The lowest BCUT2D eigenvalue weighted by atomic mass is 10.1. The highest BCUT2D eigenvalue weighted by atomic mass is 32.1. The van der Waals surface area contributed by atoms with Crippen molar-refractivity contribution in [2.24, 2.45) is 0 Å². The van der Waals surface area contributed by atoms with Crippen molar-refractivity contribution in [3.05, 3.63) is 71.8 Å². The van der Waals surface area contributed by atoms with Gasteiger partial charge in [0.2, 0.25) is 0 Å². The smallest absolute Gasteiger partial charge is 0.169 e. The van der Waals surface area contributed by atoms with Crippen molar-refractivity contribution in [3.63, 3.8) is 0 Å². The molecule has 0 saturated heterocycles. The number of rotatable bonds is 8. The molecule has 4 heteroatoms. The Balaban J connectivity index is 2.01. The third kappa shape index (κ3) is 6.30. The first-order valence-electron chi connectivity index (χ1n) is 8.31. The van der Waals surface area contributed by atoms with Gasteiger partial charge < -0.3 is 15.0 Å². The maximum atomic E-state index is 5.64. The predicted octanol–water partition coefficient (Wildman–Crippen LogP) is 3.64. The molecule has 2 aromatic carbocycles. The number of nitrogens with zero attached hydrogens (tertiary/aromatic N) is 1. The summed E-state index contributed by atoms with van der Waals surface area (Å²) in [5, 5.41) is 4.15. The Labute approximate surface area is 150 Å². The van der Waals surface area contributed by atoms with Crippen LogP contribution in [0.1, 0.15) is 18.1 Å². The Morgan fingerprint density at radius 1 is 1.04 bits per heavy atom. The second-order valence-electron chi connectivity index (χ2n) is 5.95. The van der Waals surface area contributed by atoms with Crippen LogP contribution in [0.5, 0.6) is 0 Å². The monoisotopic (exact) mass is 342 g/mol. The minimum Gasteiger partial charge on any atom is -0.383 e. The van der Waals surface area contributed by atoms with Gasteiger partial charge in [0, 0.05) is 26.2 Å². The highest BCUT2D eigenvalue weighted by Gasteiger charge is 2.13. The molecule has 0 aliphatic rings. The van der Waals surface area contributed by atoms with Gasteiger partial charge >= 0.3 is 0 Å². The molecule has 2 rings (SSSR count). The van der Waals surface area contributed by atoms with Gasteiger partial charge in [-0.15, -0.1) is 0 Å². The second kappa shape index (κ2) is 10.1. The molecule has 0 aliphatic heterocycles. The zero-order valence-corrected chi connectivity index (χ0v) is 15.3. The molecule has 0 saturated carbocycles. The van der Waals surface area contributed by atoms with E-state index in [1.54, 1.807) is 7.11 Å². The third-order valence-electron chi connectivity index (χ3n) is 3.80. The van der Waals surface area contributed by atoms with Crippen LogP contribution >= 0.6 is 12.2 Å². The molecule has 3 nitrogen and oxygen atoms in total. The van der Waals surface area contributed by atoms with Crippen molar-refractivity contribution in [2.75, 3.05) is 20.3 Å². The number of methoxy groups -OCH3 is 1. The van der Waals surface area contributed by atoms with Crippen LogP contribution in [-0.2, 0) is 17.7 Å². The quantitative estimate of drug-likeness (QED) is 0.740. The number of ether oxygens (including phenoxy) is 1. The van der Waals surface area contributed by atoms with Crippen LogP contribution in [0.2, 0.25) is 0 Å². The van der Waals surface area contributed by atoms with E-state index in [4.69, 9.17) is 17.0 Å². The molecule has 2 aromatic rings. The molecule has 1 atom stereocenters. The van der Waals surface area contributed by atoms with Crippen molar-refractivity contribution in [1.29, 1.82) is 0 Å². The van der Waals surface area contributed by atoms with Gasteiger partial charge in [0.25, 0.3) is 0 Å². The van der Waals surface area contributed by atoms with Gasteiger partial charge in [-0.1, -0.05) is 60.7 Å². The first-order valence-corrected chi connectivity index (χ1v) is 8.72. The summed E-state index contributed by atoms with van der Waals surface area (Å²) in [6.45, 7) is 4.40. The highest BCUT2D eigenvalue weighted by molar-refractivity contribution is 7.80. The van der Waals surface area contributed by atoms with E-state index < -0.39 is 0 Å². The zero-order valence-electron chi connectivity index (χ0n) is 14.4. The maximum absolute atomic E-state index is 5.64. The lowest BCUT2D eigenvalue weighted by molar-refractivity contribution is 0.177. The zero-order chi connectivity index (χ0) is 17.2. The minimum atomic E-state index is 0.192. The van der Waals surface area contributed by atoms with Crippen molar-refractivity contribution in [3.8, 4) is 0 Å².